The van der Waals surface area contributed by atoms with Crippen molar-refractivity contribution in [1.82, 2.24) is 9.47 Å². The predicted molar refractivity (Wildman–Crippen MR) is 116 cm³/mol. The number of aryl methyl sites for hydroxylation is 2. The van der Waals surface area contributed by atoms with Crippen molar-refractivity contribution in [3.05, 3.63) is 63.6 Å². The van der Waals surface area contributed by atoms with Gasteiger partial charge in [0.25, 0.3) is 11.5 Å². The van der Waals surface area contributed by atoms with Crippen molar-refractivity contribution in [3.8, 4) is 5.75 Å². The lowest BCUT2D eigenvalue weighted by molar-refractivity contribution is 0.0608. The Labute approximate surface area is 173 Å². The quantitative estimate of drug-likeness (QED) is 0.718. The van der Waals surface area contributed by atoms with Crippen molar-refractivity contribution in [2.75, 3.05) is 13.7 Å². The third-order valence-electron chi connectivity index (χ3n) is 5.78. The molecular weight excluding hydrogens is 364 g/mol. The number of hydrogen-bond acceptors (Lipinski definition) is 3. The van der Waals surface area contributed by atoms with Gasteiger partial charge in [-0.1, -0.05) is 26.0 Å². The number of methoxy groups -OCH3 is 1. The zero-order valence-electron chi connectivity index (χ0n) is 18.0. The summed E-state index contributed by atoms with van der Waals surface area (Å²) in [7, 11) is 1.65. The van der Waals surface area contributed by atoms with Crippen LogP contribution in [0.4, 0.5) is 0 Å². The summed E-state index contributed by atoms with van der Waals surface area (Å²) in [6, 6.07) is 9.76. The number of carbonyl (C=O) groups excluding carboxylic acids is 1. The summed E-state index contributed by atoms with van der Waals surface area (Å²) in [6.07, 6.45) is 5.64. The van der Waals surface area contributed by atoms with Gasteiger partial charge in [-0.15, -0.1) is 0 Å². The molecule has 1 fully saturated rings. The molecule has 1 aliphatic heterocycles. The minimum Gasteiger partial charge on any atom is -0.497 e. The normalized spacial score (nSPS) is 16.9. The van der Waals surface area contributed by atoms with Crippen molar-refractivity contribution in [2.45, 2.75) is 59.0 Å². The Morgan fingerprint density at radius 2 is 2.03 bits per heavy atom. The van der Waals surface area contributed by atoms with Crippen LogP contribution in [0.3, 0.4) is 0 Å². The topological polar surface area (TPSA) is 51.5 Å². The number of aromatic nitrogens is 1. The molecule has 0 N–H and O–H groups in total. The van der Waals surface area contributed by atoms with E-state index in [0.717, 1.165) is 42.6 Å². The fraction of sp³-hybridized carbons (Fsp3) is 0.500. The summed E-state index contributed by atoms with van der Waals surface area (Å²) in [5.74, 6) is 1.13. The van der Waals surface area contributed by atoms with E-state index in [-0.39, 0.29) is 17.5 Å². The second-order valence-electron chi connectivity index (χ2n) is 8.34. The molecule has 2 aromatic rings. The highest BCUT2D eigenvalue weighted by molar-refractivity contribution is 5.95. The standard InChI is InChI=1S/C24H32N2O3/c1-17(2)11-14-25-15-12-18(3)22(23(25)27)24(28)26-13-6-5-10-21(26)19-8-7-9-20(16-19)29-4/h7-9,12,15-17,21H,5-6,10-11,13-14H2,1-4H3. The molecular formula is C24H32N2O3. The first-order chi connectivity index (χ1) is 13.9. The monoisotopic (exact) mass is 396 g/mol. The van der Waals surface area contributed by atoms with Crippen LogP contribution in [0.1, 0.15) is 67.1 Å². The molecule has 1 aromatic heterocycles. The van der Waals surface area contributed by atoms with Gasteiger partial charge in [0.1, 0.15) is 11.3 Å². The molecule has 2 heterocycles. The average molecular weight is 397 g/mol. The van der Waals surface area contributed by atoms with E-state index in [0.29, 0.717) is 24.6 Å². The third kappa shape index (κ3) is 4.72. The highest BCUT2D eigenvalue weighted by Gasteiger charge is 2.31. The fourth-order valence-corrected chi connectivity index (χ4v) is 4.01. The zero-order valence-corrected chi connectivity index (χ0v) is 18.0. The van der Waals surface area contributed by atoms with Crippen LogP contribution < -0.4 is 10.3 Å². The van der Waals surface area contributed by atoms with Gasteiger partial charge in [0.05, 0.1) is 13.2 Å². The number of likely N-dealkylation sites (tertiary alicyclic amines) is 1. The van der Waals surface area contributed by atoms with Crippen molar-refractivity contribution < 1.29 is 9.53 Å². The van der Waals surface area contributed by atoms with Gasteiger partial charge in [-0.25, -0.2) is 0 Å². The summed E-state index contributed by atoms with van der Waals surface area (Å²) in [6.45, 7) is 7.43. The molecule has 5 heteroatoms. The Morgan fingerprint density at radius 1 is 1.24 bits per heavy atom. The van der Waals surface area contributed by atoms with E-state index in [2.05, 4.69) is 13.8 Å². The first-order valence-corrected chi connectivity index (χ1v) is 10.6. The largest absolute Gasteiger partial charge is 0.497 e. The van der Waals surface area contributed by atoms with Gasteiger partial charge in [-0.2, -0.15) is 0 Å². The lowest BCUT2D eigenvalue weighted by atomic mass is 9.94. The number of amides is 1. The first kappa shape index (κ1) is 21.2. The molecule has 1 amide bonds. The molecule has 0 bridgehead atoms. The van der Waals surface area contributed by atoms with Gasteiger partial charge in [-0.3, -0.25) is 9.59 Å². The Bertz CT molecular complexity index is 917. The van der Waals surface area contributed by atoms with E-state index in [1.807, 2.05) is 48.4 Å². The van der Waals surface area contributed by atoms with E-state index in [9.17, 15) is 9.59 Å². The number of piperidine rings is 1. The Hall–Kier alpha value is -2.56. The van der Waals surface area contributed by atoms with E-state index in [1.165, 1.54) is 0 Å². The van der Waals surface area contributed by atoms with E-state index < -0.39 is 0 Å². The maximum Gasteiger partial charge on any atom is 0.263 e. The molecule has 0 saturated carbocycles. The molecule has 1 unspecified atom stereocenters. The molecule has 29 heavy (non-hydrogen) atoms. The van der Waals surface area contributed by atoms with Gasteiger partial charge < -0.3 is 14.2 Å². The molecule has 3 rings (SSSR count). The van der Waals surface area contributed by atoms with Crippen LogP contribution in [0.15, 0.2) is 41.3 Å². The SMILES string of the molecule is COc1cccc(C2CCCCN2C(=O)c2c(C)ccn(CCC(C)C)c2=O)c1. The maximum absolute atomic E-state index is 13.6. The van der Waals surface area contributed by atoms with Crippen LogP contribution in [0, 0.1) is 12.8 Å². The second-order valence-corrected chi connectivity index (χ2v) is 8.34. The molecule has 1 aliphatic rings. The third-order valence-corrected chi connectivity index (χ3v) is 5.78. The van der Waals surface area contributed by atoms with Crippen LogP contribution >= 0.6 is 0 Å². The summed E-state index contributed by atoms with van der Waals surface area (Å²) in [5.41, 5.74) is 1.94. The molecule has 5 nitrogen and oxygen atoms in total. The lowest BCUT2D eigenvalue weighted by Gasteiger charge is -2.36. The van der Waals surface area contributed by atoms with Crippen molar-refractivity contribution in [1.29, 1.82) is 0 Å². The van der Waals surface area contributed by atoms with Crippen molar-refractivity contribution in [3.63, 3.8) is 0 Å². The number of hydrogen-bond donors (Lipinski definition) is 0. The number of pyridine rings is 1. The molecule has 1 aromatic carbocycles. The van der Waals surface area contributed by atoms with Crippen LogP contribution in [0.5, 0.6) is 5.75 Å². The zero-order chi connectivity index (χ0) is 21.0. The van der Waals surface area contributed by atoms with Crippen LogP contribution in [-0.4, -0.2) is 29.0 Å². The van der Waals surface area contributed by atoms with Crippen molar-refractivity contribution in [2.24, 2.45) is 5.92 Å². The number of rotatable bonds is 6. The number of ether oxygens (including phenoxy) is 1. The summed E-state index contributed by atoms with van der Waals surface area (Å²) < 4.78 is 7.05. The number of benzene rings is 1. The summed E-state index contributed by atoms with van der Waals surface area (Å²) in [5, 5.41) is 0. The summed E-state index contributed by atoms with van der Waals surface area (Å²) >= 11 is 0. The number of carbonyl (C=O) groups is 1. The van der Waals surface area contributed by atoms with Gasteiger partial charge >= 0.3 is 0 Å². The average Bonchev–Trinajstić information content (AvgIpc) is 2.73. The highest BCUT2D eigenvalue weighted by atomic mass is 16.5. The van der Waals surface area contributed by atoms with E-state index >= 15 is 0 Å². The molecule has 0 aliphatic carbocycles. The van der Waals surface area contributed by atoms with Gasteiger partial charge in [0.2, 0.25) is 0 Å². The molecule has 1 atom stereocenters. The lowest BCUT2D eigenvalue weighted by Crippen LogP contribution is -2.42. The second kappa shape index (κ2) is 9.29. The first-order valence-electron chi connectivity index (χ1n) is 10.6. The van der Waals surface area contributed by atoms with Crippen LogP contribution in [0.2, 0.25) is 0 Å². The Morgan fingerprint density at radius 3 is 2.76 bits per heavy atom. The summed E-state index contributed by atoms with van der Waals surface area (Å²) in [4.78, 5) is 28.6. The predicted octanol–water partition coefficient (Wildman–Crippen LogP) is 4.58. The van der Waals surface area contributed by atoms with Crippen molar-refractivity contribution >= 4 is 5.91 Å². The smallest absolute Gasteiger partial charge is 0.263 e. The minimum atomic E-state index is -0.175. The number of nitrogens with zero attached hydrogens (tertiary/aromatic N) is 2. The maximum atomic E-state index is 13.6. The van der Waals surface area contributed by atoms with Crippen LogP contribution in [-0.2, 0) is 6.54 Å². The minimum absolute atomic E-state index is 0.0329. The van der Waals surface area contributed by atoms with E-state index in [4.69, 9.17) is 4.74 Å². The molecule has 0 radical (unpaired) electrons. The molecule has 1 saturated heterocycles. The van der Waals surface area contributed by atoms with Gasteiger partial charge in [-0.05, 0) is 67.9 Å². The van der Waals surface area contributed by atoms with Crippen LogP contribution in [0.25, 0.3) is 0 Å². The van der Waals surface area contributed by atoms with Gasteiger partial charge in [0.15, 0.2) is 0 Å². The molecule has 0 spiro atoms. The Kier molecular flexibility index (Phi) is 6.78. The highest BCUT2D eigenvalue weighted by Crippen LogP contribution is 2.33. The van der Waals surface area contributed by atoms with E-state index in [1.54, 1.807) is 11.7 Å². The molecule has 156 valence electrons. The van der Waals surface area contributed by atoms with Gasteiger partial charge in [0, 0.05) is 19.3 Å². The fourth-order valence-electron chi connectivity index (χ4n) is 4.01. The Balaban J connectivity index is 1.95.